The summed E-state index contributed by atoms with van der Waals surface area (Å²) in [6, 6.07) is 14.0. The normalized spacial score (nSPS) is 10.6. The fourth-order valence-electron chi connectivity index (χ4n) is 2.75. The molecule has 0 fully saturated rings. The molecule has 0 aliphatic rings. The van der Waals surface area contributed by atoms with E-state index in [-0.39, 0.29) is 0 Å². The molecule has 3 aromatic rings. The molecule has 0 aliphatic carbocycles. The van der Waals surface area contributed by atoms with E-state index < -0.39 is 0 Å². The number of likely N-dealkylation sites (N-methyl/N-ethyl adjacent to an activating group) is 1. The fraction of sp³-hybridized carbons (Fsp3) is 0.286. The van der Waals surface area contributed by atoms with E-state index in [1.165, 1.54) is 11.1 Å². The van der Waals surface area contributed by atoms with Gasteiger partial charge in [-0.2, -0.15) is 4.98 Å². The largest absolute Gasteiger partial charge is 0.370 e. The van der Waals surface area contributed by atoms with Crippen molar-refractivity contribution in [2.24, 2.45) is 0 Å². The number of anilines is 2. The van der Waals surface area contributed by atoms with Crippen molar-refractivity contribution in [3.05, 3.63) is 76.7 Å². The van der Waals surface area contributed by atoms with Crippen LogP contribution in [0.15, 0.2) is 54.9 Å². The first-order valence-electron chi connectivity index (χ1n) is 9.04. The quantitative estimate of drug-likeness (QED) is 0.634. The highest BCUT2D eigenvalue weighted by atomic mass is 35.5. The standard InChI is InChI=1S/C21H24ClN5/c1-16-15-20(24-13-9-17-3-5-19(22)6-4-17)26-21(25-16)27(2)14-10-18-7-11-23-12-8-18/h3-8,11-12,15H,9-10,13-14H2,1-2H3,(H,24,25,26). The molecule has 0 bridgehead atoms. The molecule has 0 unspecified atom stereocenters. The van der Waals surface area contributed by atoms with E-state index in [1.807, 2.05) is 68.8 Å². The van der Waals surface area contributed by atoms with E-state index >= 15 is 0 Å². The van der Waals surface area contributed by atoms with Gasteiger partial charge in [-0.25, -0.2) is 4.98 Å². The molecule has 2 aromatic heterocycles. The molecular formula is C21H24ClN5. The van der Waals surface area contributed by atoms with Crippen molar-refractivity contribution in [1.82, 2.24) is 15.0 Å². The first-order chi connectivity index (χ1) is 13.1. The molecule has 1 aromatic carbocycles. The molecule has 2 heterocycles. The summed E-state index contributed by atoms with van der Waals surface area (Å²) in [6.07, 6.45) is 5.48. The van der Waals surface area contributed by atoms with Gasteiger partial charge < -0.3 is 10.2 Å². The van der Waals surface area contributed by atoms with Gasteiger partial charge in [0.05, 0.1) is 0 Å². The Bertz CT molecular complexity index is 852. The van der Waals surface area contributed by atoms with Gasteiger partial charge in [-0.3, -0.25) is 4.98 Å². The highest BCUT2D eigenvalue weighted by Gasteiger charge is 2.08. The van der Waals surface area contributed by atoms with Crippen LogP contribution in [0.2, 0.25) is 5.02 Å². The minimum atomic E-state index is 0.734. The molecule has 0 spiro atoms. The van der Waals surface area contributed by atoms with Crippen molar-refractivity contribution in [3.8, 4) is 0 Å². The smallest absolute Gasteiger partial charge is 0.227 e. The number of rotatable bonds is 8. The summed E-state index contributed by atoms with van der Waals surface area (Å²) in [5, 5.41) is 4.16. The number of nitrogens with one attached hydrogen (secondary N) is 1. The highest BCUT2D eigenvalue weighted by molar-refractivity contribution is 6.30. The number of nitrogens with zero attached hydrogens (tertiary/aromatic N) is 4. The zero-order valence-electron chi connectivity index (χ0n) is 15.7. The predicted octanol–water partition coefficient (Wildman–Crippen LogP) is 4.17. The van der Waals surface area contributed by atoms with Gasteiger partial charge in [0, 0.05) is 49.3 Å². The lowest BCUT2D eigenvalue weighted by atomic mass is 10.1. The van der Waals surface area contributed by atoms with E-state index in [0.29, 0.717) is 0 Å². The minimum absolute atomic E-state index is 0.734. The molecule has 0 atom stereocenters. The molecule has 0 amide bonds. The lowest BCUT2D eigenvalue weighted by Gasteiger charge is -2.18. The minimum Gasteiger partial charge on any atom is -0.370 e. The second-order valence-corrected chi connectivity index (χ2v) is 6.96. The maximum atomic E-state index is 5.93. The van der Waals surface area contributed by atoms with E-state index in [0.717, 1.165) is 48.4 Å². The van der Waals surface area contributed by atoms with E-state index in [2.05, 4.69) is 25.2 Å². The van der Waals surface area contributed by atoms with Crippen LogP contribution in [0.4, 0.5) is 11.8 Å². The monoisotopic (exact) mass is 381 g/mol. The van der Waals surface area contributed by atoms with Crippen molar-refractivity contribution in [2.75, 3.05) is 30.4 Å². The Balaban J connectivity index is 1.57. The average Bonchev–Trinajstić information content (AvgIpc) is 2.68. The van der Waals surface area contributed by atoms with Gasteiger partial charge in [-0.15, -0.1) is 0 Å². The first kappa shape index (κ1) is 19.1. The molecule has 1 N–H and O–H groups in total. The molecule has 27 heavy (non-hydrogen) atoms. The molecule has 0 radical (unpaired) electrons. The number of aryl methyl sites for hydroxylation is 1. The summed E-state index contributed by atoms with van der Waals surface area (Å²) < 4.78 is 0. The molecular weight excluding hydrogens is 358 g/mol. The Kier molecular flexibility index (Phi) is 6.60. The van der Waals surface area contributed by atoms with Crippen LogP contribution >= 0.6 is 11.6 Å². The number of halogens is 1. The van der Waals surface area contributed by atoms with Gasteiger partial charge in [0.2, 0.25) is 5.95 Å². The summed E-state index contributed by atoms with van der Waals surface area (Å²) in [5.41, 5.74) is 3.45. The Morgan fingerprint density at radius 1 is 0.963 bits per heavy atom. The van der Waals surface area contributed by atoms with E-state index in [1.54, 1.807) is 0 Å². The SMILES string of the molecule is Cc1cc(NCCc2ccc(Cl)cc2)nc(N(C)CCc2ccncc2)n1. The van der Waals surface area contributed by atoms with Crippen LogP contribution in [-0.2, 0) is 12.8 Å². The Labute approximate surface area is 165 Å². The van der Waals surface area contributed by atoms with Crippen LogP contribution in [0.1, 0.15) is 16.8 Å². The summed E-state index contributed by atoms with van der Waals surface area (Å²) in [7, 11) is 2.02. The van der Waals surface area contributed by atoms with Crippen LogP contribution < -0.4 is 10.2 Å². The average molecular weight is 382 g/mol. The number of aromatic nitrogens is 3. The lowest BCUT2D eigenvalue weighted by Crippen LogP contribution is -2.23. The molecule has 0 saturated heterocycles. The van der Waals surface area contributed by atoms with Crippen molar-refractivity contribution in [2.45, 2.75) is 19.8 Å². The predicted molar refractivity (Wildman–Crippen MR) is 112 cm³/mol. The maximum Gasteiger partial charge on any atom is 0.227 e. The summed E-state index contributed by atoms with van der Waals surface area (Å²) in [6.45, 7) is 3.64. The number of benzene rings is 1. The third-order valence-corrected chi connectivity index (χ3v) is 4.55. The maximum absolute atomic E-state index is 5.93. The number of pyridine rings is 1. The number of hydrogen-bond acceptors (Lipinski definition) is 5. The highest BCUT2D eigenvalue weighted by Crippen LogP contribution is 2.14. The van der Waals surface area contributed by atoms with Crippen molar-refractivity contribution < 1.29 is 0 Å². The van der Waals surface area contributed by atoms with Crippen molar-refractivity contribution in [3.63, 3.8) is 0 Å². The van der Waals surface area contributed by atoms with Crippen molar-refractivity contribution in [1.29, 1.82) is 0 Å². The van der Waals surface area contributed by atoms with Crippen LogP contribution in [0, 0.1) is 6.92 Å². The Morgan fingerprint density at radius 2 is 1.67 bits per heavy atom. The topological polar surface area (TPSA) is 53.9 Å². The molecule has 0 aliphatic heterocycles. The summed E-state index contributed by atoms with van der Waals surface area (Å²) >= 11 is 5.93. The molecule has 140 valence electrons. The first-order valence-corrected chi connectivity index (χ1v) is 9.42. The zero-order valence-corrected chi connectivity index (χ0v) is 16.4. The summed E-state index contributed by atoms with van der Waals surface area (Å²) in [5.74, 6) is 1.58. The fourth-order valence-corrected chi connectivity index (χ4v) is 2.87. The second-order valence-electron chi connectivity index (χ2n) is 6.52. The lowest BCUT2D eigenvalue weighted by molar-refractivity contribution is 0.831. The van der Waals surface area contributed by atoms with E-state index in [9.17, 15) is 0 Å². The van der Waals surface area contributed by atoms with Crippen LogP contribution in [0.5, 0.6) is 0 Å². The summed E-state index contributed by atoms with van der Waals surface area (Å²) in [4.78, 5) is 15.4. The van der Waals surface area contributed by atoms with Gasteiger partial charge in [0.1, 0.15) is 5.82 Å². The van der Waals surface area contributed by atoms with Gasteiger partial charge >= 0.3 is 0 Å². The van der Waals surface area contributed by atoms with Gasteiger partial charge in [-0.1, -0.05) is 23.7 Å². The van der Waals surface area contributed by atoms with E-state index in [4.69, 9.17) is 11.6 Å². The van der Waals surface area contributed by atoms with Gasteiger partial charge in [0.15, 0.2) is 0 Å². The second kappa shape index (κ2) is 9.33. The molecule has 3 rings (SSSR count). The van der Waals surface area contributed by atoms with Gasteiger partial charge in [0.25, 0.3) is 0 Å². The zero-order chi connectivity index (χ0) is 19.1. The Hall–Kier alpha value is -2.66. The van der Waals surface area contributed by atoms with Crippen LogP contribution in [0.25, 0.3) is 0 Å². The Morgan fingerprint density at radius 3 is 2.41 bits per heavy atom. The molecule has 5 nitrogen and oxygen atoms in total. The molecule has 0 saturated carbocycles. The van der Waals surface area contributed by atoms with Crippen molar-refractivity contribution >= 4 is 23.4 Å². The van der Waals surface area contributed by atoms with Crippen LogP contribution in [-0.4, -0.2) is 35.1 Å². The third-order valence-electron chi connectivity index (χ3n) is 4.30. The van der Waals surface area contributed by atoms with Crippen LogP contribution in [0.3, 0.4) is 0 Å². The number of hydrogen-bond donors (Lipinski definition) is 1. The van der Waals surface area contributed by atoms with Gasteiger partial charge in [-0.05, 0) is 55.2 Å². The third kappa shape index (κ3) is 5.93. The molecule has 6 heteroatoms.